The minimum absolute atomic E-state index is 0.228. The van der Waals surface area contributed by atoms with Crippen LogP contribution in [-0.4, -0.2) is 25.8 Å². The smallest absolute Gasteiger partial charge is 0.271 e. The fourth-order valence-corrected chi connectivity index (χ4v) is 4.02. The van der Waals surface area contributed by atoms with Gasteiger partial charge in [0.05, 0.1) is 14.2 Å². The van der Waals surface area contributed by atoms with Crippen molar-refractivity contribution >= 4 is 11.6 Å². The molecule has 0 radical (unpaired) electrons. The van der Waals surface area contributed by atoms with E-state index in [4.69, 9.17) is 9.47 Å². The predicted molar refractivity (Wildman–Crippen MR) is 89.1 cm³/mol. The summed E-state index contributed by atoms with van der Waals surface area (Å²) in [5.41, 5.74) is 4.23. The van der Waals surface area contributed by atoms with E-state index in [0.717, 1.165) is 17.5 Å². The van der Waals surface area contributed by atoms with Gasteiger partial charge in [-0.05, 0) is 56.2 Å². The average Bonchev–Trinajstić information content (AvgIpc) is 3.21. The molecule has 2 aliphatic carbocycles. The lowest BCUT2D eigenvalue weighted by molar-refractivity contribution is 0.0954. The van der Waals surface area contributed by atoms with Gasteiger partial charge in [-0.15, -0.1) is 0 Å². The van der Waals surface area contributed by atoms with Crippen LogP contribution >= 0.6 is 0 Å². The molecule has 2 fully saturated rings. The number of fused-ring (bicyclic) bond motifs is 2. The third kappa shape index (κ3) is 3.19. The zero-order valence-electron chi connectivity index (χ0n) is 14.0. The van der Waals surface area contributed by atoms with Gasteiger partial charge in [0.25, 0.3) is 5.91 Å². The zero-order valence-corrected chi connectivity index (χ0v) is 14.0. The Morgan fingerprint density at radius 2 is 1.96 bits per heavy atom. The second-order valence-corrected chi connectivity index (χ2v) is 6.55. The number of carbonyl (C=O) groups is 1. The summed E-state index contributed by atoms with van der Waals surface area (Å²) < 4.78 is 10.4. The monoisotopic (exact) mass is 316 g/mol. The molecule has 0 saturated heterocycles. The van der Waals surface area contributed by atoms with Crippen molar-refractivity contribution in [2.24, 2.45) is 22.9 Å². The summed E-state index contributed by atoms with van der Waals surface area (Å²) in [6, 6.07) is 5.09. The molecule has 0 spiro atoms. The van der Waals surface area contributed by atoms with Crippen molar-refractivity contribution < 1.29 is 14.3 Å². The Kier molecular flexibility index (Phi) is 4.55. The van der Waals surface area contributed by atoms with Gasteiger partial charge >= 0.3 is 0 Å². The van der Waals surface area contributed by atoms with Crippen LogP contribution in [0.4, 0.5) is 0 Å². The van der Waals surface area contributed by atoms with Crippen LogP contribution in [0.3, 0.4) is 0 Å². The molecule has 0 heterocycles. The molecule has 5 nitrogen and oxygen atoms in total. The molecule has 0 aliphatic heterocycles. The van der Waals surface area contributed by atoms with Crippen LogP contribution in [0.2, 0.25) is 0 Å². The maximum Gasteiger partial charge on any atom is 0.271 e. The summed E-state index contributed by atoms with van der Waals surface area (Å²) >= 11 is 0. The molecule has 2 saturated carbocycles. The van der Waals surface area contributed by atoms with E-state index >= 15 is 0 Å². The molecule has 23 heavy (non-hydrogen) atoms. The summed E-state index contributed by atoms with van der Waals surface area (Å²) in [7, 11) is 3.12. The number of nitrogens with zero attached hydrogens (tertiary/aromatic N) is 1. The summed E-state index contributed by atoms with van der Waals surface area (Å²) in [5, 5.41) is 4.34. The Balaban J connectivity index is 1.66. The lowest BCUT2D eigenvalue weighted by Gasteiger charge is -2.21. The number of nitrogens with one attached hydrogen (secondary N) is 1. The van der Waals surface area contributed by atoms with Gasteiger partial charge in [-0.3, -0.25) is 4.79 Å². The first kappa shape index (κ1) is 15.8. The van der Waals surface area contributed by atoms with Crippen molar-refractivity contribution in [2.45, 2.75) is 32.6 Å². The average molecular weight is 316 g/mol. The van der Waals surface area contributed by atoms with Gasteiger partial charge in [-0.2, -0.15) is 5.10 Å². The lowest BCUT2D eigenvalue weighted by Crippen LogP contribution is -2.24. The van der Waals surface area contributed by atoms with Crippen LogP contribution < -0.4 is 14.9 Å². The molecule has 3 unspecified atom stereocenters. The third-order valence-corrected chi connectivity index (χ3v) is 5.25. The van der Waals surface area contributed by atoms with Gasteiger partial charge in [0.2, 0.25) is 0 Å². The van der Waals surface area contributed by atoms with E-state index in [1.165, 1.54) is 25.7 Å². The van der Waals surface area contributed by atoms with Gasteiger partial charge in [0.15, 0.2) is 11.5 Å². The van der Waals surface area contributed by atoms with Crippen LogP contribution in [-0.2, 0) is 0 Å². The summed E-state index contributed by atoms with van der Waals surface area (Å²) in [5.74, 6) is 3.09. The molecular weight excluding hydrogens is 292 g/mol. The fraction of sp³-hybridized carbons (Fsp3) is 0.556. The number of hydrogen-bond donors (Lipinski definition) is 1. The second-order valence-electron chi connectivity index (χ2n) is 6.55. The van der Waals surface area contributed by atoms with Crippen molar-refractivity contribution in [1.29, 1.82) is 0 Å². The molecule has 1 aromatic rings. The van der Waals surface area contributed by atoms with Gasteiger partial charge in [0.1, 0.15) is 0 Å². The minimum Gasteiger partial charge on any atom is -0.493 e. The van der Waals surface area contributed by atoms with E-state index in [1.807, 2.05) is 6.92 Å². The van der Waals surface area contributed by atoms with E-state index < -0.39 is 0 Å². The predicted octanol–water partition coefficient (Wildman–Crippen LogP) is 3.25. The molecule has 0 aromatic heterocycles. The molecule has 3 atom stereocenters. The number of benzene rings is 1. The summed E-state index contributed by atoms with van der Waals surface area (Å²) in [4.78, 5) is 12.3. The van der Waals surface area contributed by atoms with Crippen LogP contribution in [0.15, 0.2) is 23.3 Å². The van der Waals surface area contributed by atoms with E-state index in [2.05, 4.69) is 10.5 Å². The van der Waals surface area contributed by atoms with Gasteiger partial charge in [0, 0.05) is 17.2 Å². The topological polar surface area (TPSA) is 59.9 Å². The Bertz CT molecular complexity index is 627. The second kappa shape index (κ2) is 6.60. The quantitative estimate of drug-likeness (QED) is 0.670. The molecule has 2 bridgehead atoms. The van der Waals surface area contributed by atoms with Crippen molar-refractivity contribution in [3.05, 3.63) is 23.8 Å². The number of rotatable bonds is 5. The highest BCUT2D eigenvalue weighted by molar-refractivity contribution is 5.96. The maximum atomic E-state index is 12.3. The minimum atomic E-state index is -0.228. The third-order valence-electron chi connectivity index (χ3n) is 5.25. The molecule has 1 amide bonds. The van der Waals surface area contributed by atoms with Crippen molar-refractivity contribution in [1.82, 2.24) is 5.43 Å². The molecule has 5 heteroatoms. The van der Waals surface area contributed by atoms with Crippen molar-refractivity contribution in [3.8, 4) is 11.5 Å². The largest absolute Gasteiger partial charge is 0.493 e. The van der Waals surface area contributed by atoms with E-state index in [1.54, 1.807) is 32.4 Å². The van der Waals surface area contributed by atoms with Gasteiger partial charge in [-0.1, -0.05) is 6.42 Å². The number of amides is 1. The van der Waals surface area contributed by atoms with E-state index in [-0.39, 0.29) is 5.91 Å². The van der Waals surface area contributed by atoms with Crippen LogP contribution in [0.1, 0.15) is 43.0 Å². The molecule has 2 aliphatic rings. The van der Waals surface area contributed by atoms with E-state index in [9.17, 15) is 4.79 Å². The SMILES string of the molecule is COc1ccc(C(=O)N/N=C(\C)C2CC3CCC2C3)cc1OC. The van der Waals surface area contributed by atoms with Crippen LogP contribution in [0, 0.1) is 17.8 Å². The first-order valence-corrected chi connectivity index (χ1v) is 8.19. The highest BCUT2D eigenvalue weighted by Gasteiger charge is 2.40. The van der Waals surface area contributed by atoms with Crippen molar-refractivity contribution in [3.63, 3.8) is 0 Å². The van der Waals surface area contributed by atoms with E-state index in [0.29, 0.717) is 23.0 Å². The molecule has 1 aromatic carbocycles. The Labute approximate surface area is 137 Å². The maximum absolute atomic E-state index is 12.3. The highest BCUT2D eigenvalue weighted by Crippen LogP contribution is 2.48. The van der Waals surface area contributed by atoms with Crippen molar-refractivity contribution in [2.75, 3.05) is 14.2 Å². The first-order chi connectivity index (χ1) is 11.1. The number of carbonyl (C=O) groups excluding carboxylic acids is 1. The van der Waals surface area contributed by atoms with Crippen LogP contribution in [0.5, 0.6) is 11.5 Å². The Hall–Kier alpha value is -2.04. The normalized spacial score (nSPS) is 26.2. The Morgan fingerprint density at radius 3 is 2.57 bits per heavy atom. The molecule has 124 valence electrons. The number of methoxy groups -OCH3 is 2. The first-order valence-electron chi connectivity index (χ1n) is 8.19. The summed E-state index contributed by atoms with van der Waals surface area (Å²) in [6.45, 7) is 2.03. The van der Waals surface area contributed by atoms with Crippen LogP contribution in [0.25, 0.3) is 0 Å². The fourth-order valence-electron chi connectivity index (χ4n) is 4.02. The van der Waals surface area contributed by atoms with Gasteiger partial charge in [-0.25, -0.2) is 5.43 Å². The Morgan fingerprint density at radius 1 is 1.17 bits per heavy atom. The molecular formula is C18H24N2O3. The summed E-state index contributed by atoms with van der Waals surface area (Å²) in [6.07, 6.45) is 5.24. The standard InChI is InChI=1S/C18H24N2O3/c1-11(15-9-12-4-5-13(15)8-12)19-20-18(21)14-6-7-16(22-2)17(10-14)23-3/h6-7,10,12-13,15H,4-5,8-9H2,1-3H3,(H,20,21)/b19-11+. The van der Waals surface area contributed by atoms with Gasteiger partial charge < -0.3 is 9.47 Å². The molecule has 3 rings (SSSR count). The zero-order chi connectivity index (χ0) is 16.4. The molecule has 1 N–H and O–H groups in total. The highest BCUT2D eigenvalue weighted by atomic mass is 16.5. The number of ether oxygens (including phenoxy) is 2. The number of hydrazone groups is 1. The lowest BCUT2D eigenvalue weighted by atomic mass is 9.86. The number of hydrogen-bond acceptors (Lipinski definition) is 4.